The molecule has 0 saturated heterocycles. The van der Waals surface area contributed by atoms with Crippen LogP contribution >= 0.6 is 12.2 Å². The summed E-state index contributed by atoms with van der Waals surface area (Å²) in [4.78, 5) is 16.8. The molecule has 0 spiro atoms. The lowest BCUT2D eigenvalue weighted by molar-refractivity contribution is -0.142. The van der Waals surface area contributed by atoms with E-state index in [1.54, 1.807) is 0 Å². The van der Waals surface area contributed by atoms with Gasteiger partial charge in [-0.25, -0.2) is 9.78 Å². The van der Waals surface area contributed by atoms with Gasteiger partial charge in [0.05, 0.1) is 12.7 Å². The van der Waals surface area contributed by atoms with E-state index in [2.05, 4.69) is 10.3 Å². The van der Waals surface area contributed by atoms with Crippen molar-refractivity contribution in [3.05, 3.63) is 22.9 Å². The predicted octanol–water partition coefficient (Wildman–Crippen LogP) is 1.81. The van der Waals surface area contributed by atoms with Crippen molar-refractivity contribution in [3.8, 4) is 0 Å². The Morgan fingerprint density at radius 2 is 2.19 bits per heavy atom. The van der Waals surface area contributed by atoms with Gasteiger partial charge in [-0.1, -0.05) is 26.1 Å². The lowest BCUT2D eigenvalue weighted by atomic mass is 10.0. The first-order valence-corrected chi connectivity index (χ1v) is 7.51. The Bertz CT molecular complexity index is 572. The number of ether oxygens (including phenoxy) is 1. The Labute approximate surface area is 130 Å². The van der Waals surface area contributed by atoms with Crippen molar-refractivity contribution >= 4 is 29.0 Å². The van der Waals surface area contributed by atoms with Gasteiger partial charge in [-0.3, -0.25) is 0 Å². The monoisotopic (exact) mass is 307 g/mol. The zero-order chi connectivity index (χ0) is 15.6. The van der Waals surface area contributed by atoms with Gasteiger partial charge in [0.25, 0.3) is 0 Å². The van der Waals surface area contributed by atoms with Crippen LogP contribution in [0.2, 0.25) is 0 Å². The minimum Gasteiger partial charge on any atom is -0.467 e. The molecule has 6 heteroatoms. The van der Waals surface area contributed by atoms with E-state index in [9.17, 15) is 4.79 Å². The van der Waals surface area contributed by atoms with Crippen LogP contribution in [0.15, 0.2) is 6.07 Å². The zero-order valence-corrected chi connectivity index (χ0v) is 13.4. The van der Waals surface area contributed by atoms with E-state index in [4.69, 9.17) is 22.7 Å². The first-order valence-electron chi connectivity index (χ1n) is 7.11. The summed E-state index contributed by atoms with van der Waals surface area (Å²) in [5, 5.41) is 3.16. The number of fused-ring (bicyclic) bond motifs is 1. The predicted molar refractivity (Wildman–Crippen MR) is 86.4 cm³/mol. The molecular weight excluding hydrogens is 286 g/mol. The van der Waals surface area contributed by atoms with Crippen LogP contribution in [0, 0.1) is 5.92 Å². The molecule has 1 aliphatic carbocycles. The lowest BCUT2D eigenvalue weighted by Crippen LogP contribution is -2.36. The second kappa shape index (κ2) is 6.39. The number of hydrogen-bond donors (Lipinski definition) is 2. The molecule has 1 aromatic rings. The molecule has 0 aliphatic heterocycles. The minimum absolute atomic E-state index is 0.0618. The van der Waals surface area contributed by atoms with Crippen LogP contribution in [0.5, 0.6) is 0 Å². The Morgan fingerprint density at radius 1 is 1.48 bits per heavy atom. The van der Waals surface area contributed by atoms with Crippen molar-refractivity contribution in [2.75, 3.05) is 12.4 Å². The first-order chi connectivity index (χ1) is 9.93. The fourth-order valence-electron chi connectivity index (χ4n) is 2.54. The summed E-state index contributed by atoms with van der Waals surface area (Å²) < 4.78 is 4.85. The first kappa shape index (κ1) is 15.7. The Balaban J connectivity index is 2.38. The average Bonchev–Trinajstić information content (AvgIpc) is 2.89. The maximum Gasteiger partial charge on any atom is 0.328 e. The highest BCUT2D eigenvalue weighted by Gasteiger charge is 2.26. The van der Waals surface area contributed by atoms with Crippen molar-refractivity contribution in [1.82, 2.24) is 4.98 Å². The second-order valence-electron chi connectivity index (χ2n) is 5.60. The summed E-state index contributed by atoms with van der Waals surface area (Å²) in [6, 6.07) is 1.52. The molecule has 0 saturated carbocycles. The lowest BCUT2D eigenvalue weighted by Gasteiger charge is -2.22. The van der Waals surface area contributed by atoms with Crippen LogP contribution in [0.4, 0.5) is 5.82 Å². The summed E-state index contributed by atoms with van der Waals surface area (Å²) >= 11 is 5.11. The van der Waals surface area contributed by atoms with Gasteiger partial charge in [-0.15, -0.1) is 0 Å². The molecule has 1 atom stereocenters. The maximum atomic E-state index is 11.9. The standard InChI is InChI=1S/C15H21N3O2S/c1-8(2)12(15(19)20-3)18-14-10(13(16)21)7-9-5-4-6-11(9)17-14/h7-8,12H,4-6H2,1-3H3,(H2,16,21)(H,17,18). The molecule has 2 rings (SSSR count). The largest absolute Gasteiger partial charge is 0.467 e. The Kier molecular flexibility index (Phi) is 4.77. The van der Waals surface area contributed by atoms with Crippen molar-refractivity contribution in [3.63, 3.8) is 0 Å². The van der Waals surface area contributed by atoms with Gasteiger partial charge < -0.3 is 15.8 Å². The summed E-state index contributed by atoms with van der Waals surface area (Å²) in [6.45, 7) is 3.89. The van der Waals surface area contributed by atoms with Crippen molar-refractivity contribution in [1.29, 1.82) is 0 Å². The fourth-order valence-corrected chi connectivity index (χ4v) is 2.70. The number of nitrogens with zero attached hydrogens (tertiary/aromatic N) is 1. The number of nitrogens with one attached hydrogen (secondary N) is 1. The summed E-state index contributed by atoms with van der Waals surface area (Å²) in [5.41, 5.74) is 8.76. The molecule has 1 heterocycles. The number of methoxy groups -OCH3 is 1. The van der Waals surface area contributed by atoms with Crippen molar-refractivity contribution in [2.24, 2.45) is 11.7 Å². The number of carbonyl (C=O) groups is 1. The molecule has 1 aromatic heterocycles. The van der Waals surface area contributed by atoms with E-state index in [-0.39, 0.29) is 16.9 Å². The Morgan fingerprint density at radius 3 is 2.76 bits per heavy atom. The normalized spacial score (nSPS) is 14.7. The highest BCUT2D eigenvalue weighted by Crippen LogP contribution is 2.26. The zero-order valence-electron chi connectivity index (χ0n) is 12.6. The van der Waals surface area contributed by atoms with E-state index >= 15 is 0 Å². The third-order valence-corrected chi connectivity index (χ3v) is 3.95. The molecule has 3 N–H and O–H groups in total. The highest BCUT2D eigenvalue weighted by atomic mass is 32.1. The topological polar surface area (TPSA) is 77.2 Å². The SMILES string of the molecule is COC(=O)C(Nc1nc2c(cc1C(N)=S)CCC2)C(C)C. The van der Waals surface area contributed by atoms with Gasteiger partial charge in [-0.05, 0) is 36.8 Å². The molecule has 0 fully saturated rings. The molecule has 0 radical (unpaired) electrons. The number of aromatic nitrogens is 1. The second-order valence-corrected chi connectivity index (χ2v) is 6.04. The third-order valence-electron chi connectivity index (χ3n) is 3.73. The number of anilines is 1. The highest BCUT2D eigenvalue weighted by molar-refractivity contribution is 7.80. The maximum absolute atomic E-state index is 11.9. The third kappa shape index (κ3) is 3.32. The molecule has 21 heavy (non-hydrogen) atoms. The van der Waals surface area contributed by atoms with E-state index in [0.717, 1.165) is 25.0 Å². The molecule has 0 bridgehead atoms. The van der Waals surface area contributed by atoms with E-state index in [1.807, 2.05) is 19.9 Å². The van der Waals surface area contributed by atoms with Gasteiger partial charge >= 0.3 is 5.97 Å². The number of thiocarbonyl (C=S) groups is 1. The van der Waals surface area contributed by atoms with E-state index in [0.29, 0.717) is 11.4 Å². The van der Waals surface area contributed by atoms with Gasteiger partial charge in [0.15, 0.2) is 0 Å². The van der Waals surface area contributed by atoms with Crippen LogP contribution in [-0.2, 0) is 22.4 Å². The molecule has 0 amide bonds. The van der Waals surface area contributed by atoms with Crippen LogP contribution in [-0.4, -0.2) is 29.1 Å². The number of rotatable bonds is 5. The van der Waals surface area contributed by atoms with Gasteiger partial charge in [0.2, 0.25) is 0 Å². The molecule has 5 nitrogen and oxygen atoms in total. The van der Waals surface area contributed by atoms with Crippen molar-refractivity contribution < 1.29 is 9.53 Å². The number of pyridine rings is 1. The number of nitrogens with two attached hydrogens (primary N) is 1. The van der Waals surface area contributed by atoms with Gasteiger partial charge in [0, 0.05) is 5.69 Å². The number of carbonyl (C=O) groups excluding carboxylic acids is 1. The van der Waals surface area contributed by atoms with Crippen LogP contribution < -0.4 is 11.1 Å². The van der Waals surface area contributed by atoms with Crippen LogP contribution in [0.1, 0.15) is 37.1 Å². The van der Waals surface area contributed by atoms with Crippen LogP contribution in [0.3, 0.4) is 0 Å². The molecule has 0 aromatic carbocycles. The number of aryl methyl sites for hydroxylation is 2. The van der Waals surface area contributed by atoms with E-state index < -0.39 is 6.04 Å². The van der Waals surface area contributed by atoms with E-state index in [1.165, 1.54) is 12.7 Å². The minimum atomic E-state index is -0.477. The quantitative estimate of drug-likeness (QED) is 0.638. The molecule has 1 aliphatic rings. The summed E-state index contributed by atoms with van der Waals surface area (Å²) in [7, 11) is 1.38. The summed E-state index contributed by atoms with van der Waals surface area (Å²) in [6.07, 6.45) is 3.04. The van der Waals surface area contributed by atoms with Crippen LogP contribution in [0.25, 0.3) is 0 Å². The smallest absolute Gasteiger partial charge is 0.328 e. The fraction of sp³-hybridized carbons (Fsp3) is 0.533. The number of hydrogen-bond acceptors (Lipinski definition) is 5. The molecular formula is C15H21N3O2S. The van der Waals surface area contributed by atoms with Gasteiger partial charge in [-0.2, -0.15) is 0 Å². The summed E-state index contributed by atoms with van der Waals surface area (Å²) in [5.74, 6) is 0.320. The van der Waals surface area contributed by atoms with Gasteiger partial charge in [0.1, 0.15) is 16.8 Å². The molecule has 114 valence electrons. The Hall–Kier alpha value is -1.69. The van der Waals surface area contributed by atoms with Crippen molar-refractivity contribution in [2.45, 2.75) is 39.2 Å². The average molecular weight is 307 g/mol. The number of esters is 1. The molecule has 1 unspecified atom stereocenters.